The molecule has 0 aliphatic carbocycles. The number of fused-ring (bicyclic) bond motifs is 1. The number of halogens is 2. The zero-order valence-corrected chi connectivity index (χ0v) is 17.1. The molecule has 2 aromatic carbocycles. The van der Waals surface area contributed by atoms with Gasteiger partial charge >= 0.3 is 0 Å². The van der Waals surface area contributed by atoms with Crippen molar-refractivity contribution in [1.29, 1.82) is 0 Å². The molecule has 0 bridgehead atoms. The largest absolute Gasteiger partial charge is 0.365 e. The van der Waals surface area contributed by atoms with E-state index in [1.807, 2.05) is 24.7 Å². The first-order valence-corrected chi connectivity index (χ1v) is 10.4. The van der Waals surface area contributed by atoms with Gasteiger partial charge in [-0.25, -0.2) is 18.7 Å². The van der Waals surface area contributed by atoms with E-state index in [0.29, 0.717) is 23.7 Å². The monoisotopic (exact) mass is 410 g/mol. The number of aryl methyl sites for hydroxylation is 1. The number of hydrogen-bond donors (Lipinski definition) is 1. The molecule has 0 unspecified atom stereocenters. The maximum Gasteiger partial charge on any atom is 0.160 e. The Bertz CT molecular complexity index is 1190. The third-order valence-electron chi connectivity index (χ3n) is 5.07. The van der Waals surface area contributed by atoms with Gasteiger partial charge in [0.05, 0.1) is 11.1 Å². The number of aromatic nitrogens is 3. The van der Waals surface area contributed by atoms with Crippen LogP contribution in [0.3, 0.4) is 0 Å². The summed E-state index contributed by atoms with van der Waals surface area (Å²) < 4.78 is 29.0. The molecular formula is C22H20F2N4S. The lowest BCUT2D eigenvalue weighted by Gasteiger charge is -2.09. The van der Waals surface area contributed by atoms with Gasteiger partial charge in [0.15, 0.2) is 17.3 Å². The Morgan fingerprint density at radius 3 is 2.45 bits per heavy atom. The van der Waals surface area contributed by atoms with Crippen LogP contribution < -0.4 is 5.32 Å². The van der Waals surface area contributed by atoms with E-state index >= 15 is 0 Å². The zero-order valence-electron chi connectivity index (χ0n) is 16.3. The van der Waals surface area contributed by atoms with Crippen LogP contribution in [0.1, 0.15) is 16.8 Å². The second-order valence-corrected chi connectivity index (χ2v) is 7.65. The van der Waals surface area contributed by atoms with E-state index in [1.165, 1.54) is 17.3 Å². The predicted octanol–water partition coefficient (Wildman–Crippen LogP) is 5.65. The van der Waals surface area contributed by atoms with Crippen LogP contribution in [0.15, 0.2) is 53.7 Å². The van der Waals surface area contributed by atoms with E-state index < -0.39 is 11.6 Å². The third-order valence-corrected chi connectivity index (χ3v) is 5.82. The Morgan fingerprint density at radius 1 is 1.00 bits per heavy atom. The second-order valence-electron chi connectivity index (χ2n) is 6.77. The van der Waals surface area contributed by atoms with E-state index in [-0.39, 0.29) is 0 Å². The fourth-order valence-corrected chi connectivity index (χ4v) is 3.81. The lowest BCUT2D eigenvalue weighted by atomic mass is 10.2. The molecule has 4 rings (SSSR count). The number of nitrogens with zero attached hydrogens (tertiary/aromatic N) is 3. The topological polar surface area (TPSA) is 42.7 Å². The molecule has 2 aromatic heterocycles. The van der Waals surface area contributed by atoms with Gasteiger partial charge in [0.1, 0.15) is 12.1 Å². The van der Waals surface area contributed by atoms with Gasteiger partial charge in [-0.2, -0.15) is 0 Å². The third kappa shape index (κ3) is 3.58. The van der Waals surface area contributed by atoms with E-state index in [9.17, 15) is 8.78 Å². The number of rotatable bonds is 5. The minimum absolute atomic E-state index is 0.525. The van der Waals surface area contributed by atoms with Crippen LogP contribution in [-0.2, 0) is 6.54 Å². The summed E-state index contributed by atoms with van der Waals surface area (Å²) in [5.41, 5.74) is 4.21. The van der Waals surface area contributed by atoms with Crippen LogP contribution in [0.2, 0.25) is 0 Å². The fourth-order valence-electron chi connectivity index (χ4n) is 3.40. The molecule has 0 aliphatic rings. The summed E-state index contributed by atoms with van der Waals surface area (Å²) in [6.45, 7) is 4.54. The number of benzene rings is 2. The highest BCUT2D eigenvalue weighted by Gasteiger charge is 2.18. The van der Waals surface area contributed by atoms with Gasteiger partial charge in [-0.3, -0.25) is 4.57 Å². The number of thioether (sulfide) groups is 1. The number of anilines is 1. The standard InChI is InChI=1S/C22H20F2N4S/c1-13-14(2)28(16-6-9-18(23)19(24)10-16)22-20(13)21(26-12-27-22)25-11-15-4-7-17(29-3)8-5-15/h4-10,12H,11H2,1-3H3,(H,25,26,27). The van der Waals surface area contributed by atoms with Gasteiger partial charge in [-0.05, 0) is 55.5 Å². The van der Waals surface area contributed by atoms with Crippen molar-refractivity contribution in [3.63, 3.8) is 0 Å². The summed E-state index contributed by atoms with van der Waals surface area (Å²) in [4.78, 5) is 10.1. The molecule has 148 valence electrons. The van der Waals surface area contributed by atoms with Crippen molar-refractivity contribution in [3.8, 4) is 5.69 Å². The van der Waals surface area contributed by atoms with Crippen LogP contribution in [0, 0.1) is 25.5 Å². The van der Waals surface area contributed by atoms with Crippen LogP contribution in [0.4, 0.5) is 14.6 Å². The summed E-state index contributed by atoms with van der Waals surface area (Å²) >= 11 is 1.71. The highest BCUT2D eigenvalue weighted by Crippen LogP contribution is 2.31. The van der Waals surface area contributed by atoms with Crippen molar-refractivity contribution >= 4 is 28.6 Å². The second kappa shape index (κ2) is 7.83. The SMILES string of the molecule is CSc1ccc(CNc2ncnc3c2c(C)c(C)n3-c2ccc(F)c(F)c2)cc1. The molecule has 0 atom stereocenters. The molecular weight excluding hydrogens is 390 g/mol. The minimum Gasteiger partial charge on any atom is -0.365 e. The van der Waals surface area contributed by atoms with Crippen molar-refractivity contribution < 1.29 is 8.78 Å². The van der Waals surface area contributed by atoms with Crippen molar-refractivity contribution in [2.75, 3.05) is 11.6 Å². The maximum absolute atomic E-state index is 13.8. The Hall–Kier alpha value is -2.93. The molecule has 4 aromatic rings. The molecule has 0 amide bonds. The summed E-state index contributed by atoms with van der Waals surface area (Å²) in [6.07, 6.45) is 3.53. The van der Waals surface area contributed by atoms with Crippen LogP contribution in [0.5, 0.6) is 0 Å². The molecule has 0 spiro atoms. The van der Waals surface area contributed by atoms with Crippen molar-refractivity contribution in [2.45, 2.75) is 25.3 Å². The highest BCUT2D eigenvalue weighted by molar-refractivity contribution is 7.98. The van der Waals surface area contributed by atoms with E-state index in [0.717, 1.165) is 28.3 Å². The van der Waals surface area contributed by atoms with Crippen molar-refractivity contribution in [3.05, 3.63) is 77.2 Å². The molecule has 1 N–H and O–H groups in total. The Kier molecular flexibility index (Phi) is 5.24. The molecule has 29 heavy (non-hydrogen) atoms. The van der Waals surface area contributed by atoms with Gasteiger partial charge in [0, 0.05) is 23.2 Å². The average molecular weight is 410 g/mol. The molecule has 0 saturated carbocycles. The zero-order chi connectivity index (χ0) is 20.5. The first kappa shape index (κ1) is 19.4. The van der Waals surface area contributed by atoms with Crippen LogP contribution in [0.25, 0.3) is 16.7 Å². The first-order chi connectivity index (χ1) is 14.0. The molecule has 0 aliphatic heterocycles. The Balaban J connectivity index is 1.73. The maximum atomic E-state index is 13.8. The molecule has 7 heteroatoms. The average Bonchev–Trinajstić information content (AvgIpc) is 3.00. The van der Waals surface area contributed by atoms with Gasteiger partial charge in [0.2, 0.25) is 0 Å². The van der Waals surface area contributed by atoms with Gasteiger partial charge in [0.25, 0.3) is 0 Å². The van der Waals surface area contributed by atoms with Gasteiger partial charge in [-0.1, -0.05) is 12.1 Å². The summed E-state index contributed by atoms with van der Waals surface area (Å²) in [5, 5.41) is 4.26. The predicted molar refractivity (Wildman–Crippen MR) is 114 cm³/mol. The van der Waals surface area contributed by atoms with E-state index in [4.69, 9.17) is 0 Å². The quantitative estimate of drug-likeness (QED) is 0.432. The molecule has 0 saturated heterocycles. The molecule has 4 nitrogen and oxygen atoms in total. The molecule has 2 heterocycles. The molecule has 0 fully saturated rings. The van der Waals surface area contributed by atoms with Crippen molar-refractivity contribution in [2.24, 2.45) is 0 Å². The Labute approximate surface area is 172 Å². The smallest absolute Gasteiger partial charge is 0.160 e. The van der Waals surface area contributed by atoms with E-state index in [2.05, 4.69) is 39.6 Å². The van der Waals surface area contributed by atoms with Gasteiger partial charge in [-0.15, -0.1) is 11.8 Å². The van der Waals surface area contributed by atoms with E-state index in [1.54, 1.807) is 17.8 Å². The summed E-state index contributed by atoms with van der Waals surface area (Å²) in [5.74, 6) is -1.04. The van der Waals surface area contributed by atoms with Crippen molar-refractivity contribution in [1.82, 2.24) is 14.5 Å². The number of nitrogens with one attached hydrogen (secondary N) is 1. The first-order valence-electron chi connectivity index (χ1n) is 9.14. The van der Waals surface area contributed by atoms with Crippen LogP contribution in [-0.4, -0.2) is 20.8 Å². The fraction of sp³-hybridized carbons (Fsp3) is 0.182. The van der Waals surface area contributed by atoms with Crippen LogP contribution >= 0.6 is 11.8 Å². The highest BCUT2D eigenvalue weighted by atomic mass is 32.2. The minimum atomic E-state index is -0.887. The molecule has 0 radical (unpaired) electrons. The lowest BCUT2D eigenvalue weighted by molar-refractivity contribution is 0.508. The summed E-state index contributed by atoms with van der Waals surface area (Å²) in [6, 6.07) is 12.2. The van der Waals surface area contributed by atoms with Gasteiger partial charge < -0.3 is 5.32 Å². The summed E-state index contributed by atoms with van der Waals surface area (Å²) in [7, 11) is 0. The lowest BCUT2D eigenvalue weighted by Crippen LogP contribution is -2.03. The Morgan fingerprint density at radius 2 is 1.76 bits per heavy atom. The normalized spacial score (nSPS) is 11.2. The number of hydrogen-bond acceptors (Lipinski definition) is 4.